The lowest BCUT2D eigenvalue weighted by molar-refractivity contribution is -0.0576. The van der Waals surface area contributed by atoms with Gasteiger partial charge < -0.3 is 4.74 Å². The number of sulfonamides is 1. The number of likely N-dealkylation sites (tertiary alicyclic amines) is 1. The fraction of sp³-hybridized carbons (Fsp3) is 0.647. The highest BCUT2D eigenvalue weighted by atomic mass is 35.5. The molecule has 2 aliphatic rings. The lowest BCUT2D eigenvalue weighted by Gasteiger charge is -2.57. The molecular weight excluding hydrogens is 348 g/mol. The van der Waals surface area contributed by atoms with Gasteiger partial charge in [0.1, 0.15) is 4.90 Å². The van der Waals surface area contributed by atoms with Crippen LogP contribution in [0.5, 0.6) is 0 Å². The second kappa shape index (κ2) is 6.92. The van der Waals surface area contributed by atoms with Crippen molar-refractivity contribution in [3.63, 3.8) is 0 Å². The molecule has 0 aromatic heterocycles. The molecule has 24 heavy (non-hydrogen) atoms. The summed E-state index contributed by atoms with van der Waals surface area (Å²) in [7, 11) is -1.43. The second-order valence-corrected chi connectivity index (χ2v) is 9.18. The molecule has 0 N–H and O–H groups in total. The summed E-state index contributed by atoms with van der Waals surface area (Å²) in [5.74, 6) is 0.506. The van der Waals surface area contributed by atoms with E-state index in [0.717, 1.165) is 32.6 Å². The topological polar surface area (TPSA) is 49.9 Å². The van der Waals surface area contributed by atoms with Crippen molar-refractivity contribution in [3.8, 4) is 0 Å². The molecule has 0 aliphatic carbocycles. The monoisotopic (exact) mass is 372 g/mol. The number of hydrogen-bond donors (Lipinski definition) is 0. The number of ether oxygens (including phenoxy) is 1. The Morgan fingerprint density at radius 1 is 1.33 bits per heavy atom. The Morgan fingerprint density at radius 3 is 2.71 bits per heavy atom. The van der Waals surface area contributed by atoms with Crippen LogP contribution in [0.3, 0.4) is 0 Å². The molecule has 7 heteroatoms. The fourth-order valence-corrected chi connectivity index (χ4v) is 5.87. The van der Waals surface area contributed by atoms with E-state index >= 15 is 0 Å². The SMILES string of the molecule is CCOCC1CCN(C)C2(C1)CN(S(=O)(=O)c1ccccc1Cl)C2. The van der Waals surface area contributed by atoms with Crippen LogP contribution >= 0.6 is 11.6 Å². The van der Waals surface area contributed by atoms with Crippen LogP contribution in [0.2, 0.25) is 5.02 Å². The summed E-state index contributed by atoms with van der Waals surface area (Å²) >= 11 is 6.09. The predicted molar refractivity (Wildman–Crippen MR) is 94.8 cm³/mol. The Hall–Kier alpha value is -0.660. The first-order valence-corrected chi connectivity index (χ1v) is 10.2. The minimum Gasteiger partial charge on any atom is -0.381 e. The van der Waals surface area contributed by atoms with Gasteiger partial charge in [-0.1, -0.05) is 23.7 Å². The minimum absolute atomic E-state index is 0.0612. The van der Waals surface area contributed by atoms with Gasteiger partial charge in [0.25, 0.3) is 0 Å². The summed E-state index contributed by atoms with van der Waals surface area (Å²) in [6.45, 7) is 5.54. The number of piperidine rings is 1. The number of rotatable bonds is 5. The lowest BCUT2D eigenvalue weighted by atomic mass is 9.77. The van der Waals surface area contributed by atoms with E-state index in [1.54, 1.807) is 28.6 Å². The molecule has 1 unspecified atom stereocenters. The lowest BCUT2D eigenvalue weighted by Crippen LogP contribution is -2.72. The van der Waals surface area contributed by atoms with Crippen molar-refractivity contribution in [2.45, 2.75) is 30.2 Å². The van der Waals surface area contributed by atoms with Gasteiger partial charge in [-0.05, 0) is 51.4 Å². The van der Waals surface area contributed by atoms with Gasteiger partial charge >= 0.3 is 0 Å². The van der Waals surface area contributed by atoms with Crippen LogP contribution in [-0.2, 0) is 14.8 Å². The summed E-state index contributed by atoms with van der Waals surface area (Å²) in [5.41, 5.74) is -0.0612. The highest BCUT2D eigenvalue weighted by Crippen LogP contribution is 2.41. The van der Waals surface area contributed by atoms with E-state index in [4.69, 9.17) is 16.3 Å². The Labute approximate surface area is 149 Å². The molecule has 5 nitrogen and oxygen atoms in total. The zero-order valence-electron chi connectivity index (χ0n) is 14.2. The molecule has 3 rings (SSSR count). The predicted octanol–water partition coefficient (Wildman–Crippen LogP) is 2.46. The van der Waals surface area contributed by atoms with Crippen molar-refractivity contribution in [3.05, 3.63) is 29.3 Å². The van der Waals surface area contributed by atoms with Crippen molar-refractivity contribution in [1.29, 1.82) is 0 Å². The highest BCUT2D eigenvalue weighted by molar-refractivity contribution is 7.89. The third kappa shape index (κ3) is 3.22. The average molecular weight is 373 g/mol. The Morgan fingerprint density at radius 2 is 2.04 bits per heavy atom. The van der Waals surface area contributed by atoms with E-state index in [0.29, 0.717) is 19.0 Å². The molecule has 2 aliphatic heterocycles. The van der Waals surface area contributed by atoms with Crippen molar-refractivity contribution < 1.29 is 13.2 Å². The van der Waals surface area contributed by atoms with Crippen LogP contribution in [-0.4, -0.2) is 63.1 Å². The molecule has 0 amide bonds. The normalized spacial score (nSPS) is 24.9. The summed E-state index contributed by atoms with van der Waals surface area (Å²) in [5, 5.41) is 0.282. The highest BCUT2D eigenvalue weighted by Gasteiger charge is 2.53. The van der Waals surface area contributed by atoms with E-state index < -0.39 is 10.0 Å². The molecule has 1 atom stereocenters. The average Bonchev–Trinajstić information content (AvgIpc) is 2.52. The first kappa shape index (κ1) is 18.1. The number of benzene rings is 1. The molecule has 2 heterocycles. The van der Waals surface area contributed by atoms with Crippen LogP contribution in [0.4, 0.5) is 0 Å². The molecule has 2 fully saturated rings. The molecule has 1 aromatic rings. The van der Waals surface area contributed by atoms with Crippen LogP contribution in [0.1, 0.15) is 19.8 Å². The number of halogens is 1. The maximum absolute atomic E-state index is 12.8. The quantitative estimate of drug-likeness (QED) is 0.796. The summed E-state index contributed by atoms with van der Waals surface area (Å²) in [6, 6.07) is 6.64. The Bertz CT molecular complexity index is 687. The smallest absolute Gasteiger partial charge is 0.244 e. The first-order valence-electron chi connectivity index (χ1n) is 8.43. The molecule has 2 saturated heterocycles. The van der Waals surface area contributed by atoms with Gasteiger partial charge in [-0.15, -0.1) is 0 Å². The number of hydrogen-bond acceptors (Lipinski definition) is 4. The molecule has 134 valence electrons. The van der Waals surface area contributed by atoms with Crippen LogP contribution in [0.25, 0.3) is 0 Å². The third-order valence-electron chi connectivity index (χ3n) is 5.30. The molecule has 0 bridgehead atoms. The zero-order chi connectivity index (χ0) is 17.4. The van der Waals surface area contributed by atoms with Gasteiger partial charge in [0.15, 0.2) is 0 Å². The molecule has 1 spiro atoms. The maximum Gasteiger partial charge on any atom is 0.244 e. The van der Waals surface area contributed by atoms with Gasteiger partial charge in [-0.25, -0.2) is 8.42 Å². The van der Waals surface area contributed by atoms with Gasteiger partial charge in [-0.3, -0.25) is 4.90 Å². The van der Waals surface area contributed by atoms with Crippen molar-refractivity contribution >= 4 is 21.6 Å². The Kier molecular flexibility index (Phi) is 5.23. The third-order valence-corrected chi connectivity index (χ3v) is 7.60. The van der Waals surface area contributed by atoms with Crippen molar-refractivity contribution in [1.82, 2.24) is 9.21 Å². The zero-order valence-corrected chi connectivity index (χ0v) is 15.8. The van der Waals surface area contributed by atoms with E-state index in [2.05, 4.69) is 11.9 Å². The van der Waals surface area contributed by atoms with E-state index in [1.807, 2.05) is 6.92 Å². The van der Waals surface area contributed by atoms with Gasteiger partial charge in [0.05, 0.1) is 5.02 Å². The van der Waals surface area contributed by atoms with Crippen LogP contribution in [0.15, 0.2) is 29.2 Å². The van der Waals surface area contributed by atoms with Gasteiger partial charge in [0.2, 0.25) is 10.0 Å². The molecule has 0 radical (unpaired) electrons. The molecule has 0 saturated carbocycles. The number of nitrogens with zero attached hydrogens (tertiary/aromatic N) is 2. The Balaban J connectivity index is 1.72. The summed E-state index contributed by atoms with van der Waals surface area (Å²) in [6.07, 6.45) is 2.09. The summed E-state index contributed by atoms with van der Waals surface area (Å²) < 4.78 is 32.8. The van der Waals surface area contributed by atoms with Crippen LogP contribution < -0.4 is 0 Å². The van der Waals surface area contributed by atoms with E-state index in [9.17, 15) is 8.42 Å². The van der Waals surface area contributed by atoms with Crippen LogP contribution in [0, 0.1) is 5.92 Å². The number of likely N-dealkylation sites (N-methyl/N-ethyl adjacent to an activating group) is 1. The molecular formula is C17H25ClN2O3S. The van der Waals surface area contributed by atoms with Crippen molar-refractivity contribution in [2.75, 3.05) is 39.9 Å². The largest absolute Gasteiger partial charge is 0.381 e. The first-order chi connectivity index (χ1) is 11.4. The fourth-order valence-electron chi connectivity index (χ4n) is 3.78. The van der Waals surface area contributed by atoms with E-state index in [-0.39, 0.29) is 15.5 Å². The van der Waals surface area contributed by atoms with E-state index in [1.165, 1.54) is 0 Å². The summed E-state index contributed by atoms with van der Waals surface area (Å²) in [4.78, 5) is 2.51. The second-order valence-electron chi connectivity index (χ2n) is 6.87. The van der Waals surface area contributed by atoms with Gasteiger partial charge in [0, 0.05) is 31.8 Å². The molecule has 1 aromatic carbocycles. The standard InChI is InChI=1S/C17H25ClN2O3S/c1-3-23-11-14-8-9-19(2)17(10-14)12-20(13-17)24(21,22)16-7-5-4-6-15(16)18/h4-7,14H,3,8-13H2,1-2H3. The minimum atomic E-state index is -3.52. The van der Waals surface area contributed by atoms with Gasteiger partial charge in [-0.2, -0.15) is 4.31 Å². The maximum atomic E-state index is 12.8. The van der Waals surface area contributed by atoms with Crippen molar-refractivity contribution in [2.24, 2.45) is 5.92 Å².